The molecule has 3 amide bonds. The number of thiophene rings is 1. The molecule has 0 fully saturated rings. The normalized spacial score (nSPS) is 9.91. The summed E-state index contributed by atoms with van der Waals surface area (Å²) in [4.78, 5) is 34.9. The van der Waals surface area contributed by atoms with E-state index in [4.69, 9.17) is 0 Å². The van der Waals surface area contributed by atoms with Gasteiger partial charge in [-0.1, -0.05) is 6.07 Å². The summed E-state index contributed by atoms with van der Waals surface area (Å²) in [6.07, 6.45) is -0.904. The Hall–Kier alpha value is -2.74. The fourth-order valence-corrected chi connectivity index (χ4v) is 2.38. The second kappa shape index (κ2) is 6.81. The van der Waals surface area contributed by atoms with Crippen LogP contribution in [0, 0.1) is 5.82 Å². The lowest BCUT2D eigenvalue weighted by Gasteiger charge is -2.06. The zero-order chi connectivity index (χ0) is 16.1. The molecule has 1 heterocycles. The van der Waals surface area contributed by atoms with Gasteiger partial charge in [-0.2, -0.15) is 0 Å². The van der Waals surface area contributed by atoms with Gasteiger partial charge < -0.3 is 10.1 Å². The summed E-state index contributed by atoms with van der Waals surface area (Å²) >= 11 is 1.10. The molecule has 0 radical (unpaired) electrons. The molecule has 0 aliphatic heterocycles. The third-order valence-corrected chi connectivity index (χ3v) is 3.45. The Bertz CT molecular complexity index is 729. The molecule has 1 aromatic carbocycles. The molecule has 8 heteroatoms. The Labute approximate surface area is 128 Å². The first-order valence-corrected chi connectivity index (χ1v) is 6.93. The van der Waals surface area contributed by atoms with Crippen molar-refractivity contribution in [3.05, 3.63) is 52.7 Å². The lowest BCUT2D eigenvalue weighted by Crippen LogP contribution is -2.30. The van der Waals surface area contributed by atoms with Gasteiger partial charge in [-0.05, 0) is 29.6 Å². The number of hydrogen-bond acceptors (Lipinski definition) is 5. The molecule has 0 aliphatic rings. The number of carbonyl (C=O) groups is 3. The summed E-state index contributed by atoms with van der Waals surface area (Å²) in [5.41, 5.74) is 0.230. The van der Waals surface area contributed by atoms with E-state index in [1.807, 2.05) is 5.32 Å². The van der Waals surface area contributed by atoms with Crippen LogP contribution in [0.25, 0.3) is 0 Å². The number of hydrogen-bond donors (Lipinski definition) is 2. The van der Waals surface area contributed by atoms with Gasteiger partial charge in [-0.3, -0.25) is 14.9 Å². The quantitative estimate of drug-likeness (QED) is 0.910. The minimum atomic E-state index is -0.904. The highest BCUT2D eigenvalue weighted by Crippen LogP contribution is 2.24. The summed E-state index contributed by atoms with van der Waals surface area (Å²) in [6.45, 7) is 0. The highest BCUT2D eigenvalue weighted by Gasteiger charge is 2.18. The van der Waals surface area contributed by atoms with Gasteiger partial charge in [0.2, 0.25) is 0 Å². The number of ether oxygens (including phenoxy) is 1. The minimum Gasteiger partial charge on any atom is -0.453 e. The van der Waals surface area contributed by atoms with Crippen LogP contribution in [0.2, 0.25) is 0 Å². The standard InChI is InChI=1S/C14H11FN2O4S/c1-21-14(20)17-12(19)10-5-6-22-13(10)16-11(18)8-3-2-4-9(15)7-8/h2-7H,1H3,(H,16,18)(H,17,19,20). The molecule has 0 atom stereocenters. The maximum Gasteiger partial charge on any atom is 0.413 e. The van der Waals surface area contributed by atoms with Crippen molar-refractivity contribution >= 4 is 34.2 Å². The molecule has 0 spiro atoms. The van der Waals surface area contributed by atoms with Crippen molar-refractivity contribution in [2.45, 2.75) is 0 Å². The fourth-order valence-electron chi connectivity index (χ4n) is 1.60. The first kappa shape index (κ1) is 15.6. The van der Waals surface area contributed by atoms with Crippen LogP contribution < -0.4 is 10.6 Å². The van der Waals surface area contributed by atoms with Crippen LogP contribution in [0.4, 0.5) is 14.2 Å². The Morgan fingerprint density at radius 2 is 1.95 bits per heavy atom. The van der Waals surface area contributed by atoms with Gasteiger partial charge in [-0.15, -0.1) is 11.3 Å². The molecule has 2 N–H and O–H groups in total. The number of nitrogens with one attached hydrogen (secondary N) is 2. The van der Waals surface area contributed by atoms with Crippen molar-refractivity contribution in [3.63, 3.8) is 0 Å². The molecule has 2 aromatic rings. The van der Waals surface area contributed by atoms with E-state index in [9.17, 15) is 18.8 Å². The van der Waals surface area contributed by atoms with Crippen molar-refractivity contribution in [3.8, 4) is 0 Å². The third kappa shape index (κ3) is 3.67. The third-order valence-electron chi connectivity index (χ3n) is 2.62. The highest BCUT2D eigenvalue weighted by atomic mass is 32.1. The molecule has 22 heavy (non-hydrogen) atoms. The summed E-state index contributed by atoms with van der Waals surface area (Å²) < 4.78 is 17.4. The van der Waals surface area contributed by atoms with Gasteiger partial charge >= 0.3 is 6.09 Å². The van der Waals surface area contributed by atoms with Gasteiger partial charge in [0.1, 0.15) is 10.8 Å². The molecular formula is C14H11FN2O4S. The predicted octanol–water partition coefficient (Wildman–Crippen LogP) is 2.64. The molecular weight excluding hydrogens is 311 g/mol. The van der Waals surface area contributed by atoms with Crippen molar-refractivity contribution in [1.29, 1.82) is 0 Å². The number of amides is 3. The number of halogens is 1. The molecule has 114 valence electrons. The number of rotatable bonds is 3. The number of carbonyl (C=O) groups excluding carboxylic acids is 3. The summed E-state index contributed by atoms with van der Waals surface area (Å²) in [6, 6.07) is 6.60. The fraction of sp³-hybridized carbons (Fsp3) is 0.0714. The Morgan fingerprint density at radius 3 is 2.64 bits per heavy atom. The number of benzene rings is 1. The first-order chi connectivity index (χ1) is 10.5. The van der Waals surface area contributed by atoms with Gasteiger partial charge in [0, 0.05) is 5.56 Å². The number of anilines is 1. The molecule has 2 rings (SSSR count). The second-order valence-electron chi connectivity index (χ2n) is 4.07. The Balaban J connectivity index is 2.14. The van der Waals surface area contributed by atoms with E-state index in [0.717, 1.165) is 24.5 Å². The van der Waals surface area contributed by atoms with Gasteiger partial charge in [-0.25, -0.2) is 9.18 Å². The SMILES string of the molecule is COC(=O)NC(=O)c1ccsc1NC(=O)c1cccc(F)c1. The van der Waals surface area contributed by atoms with Crippen molar-refractivity contribution in [1.82, 2.24) is 5.32 Å². The number of imide groups is 1. The summed E-state index contributed by atoms with van der Waals surface area (Å²) in [5, 5.41) is 6.32. The topological polar surface area (TPSA) is 84.5 Å². The van der Waals surface area contributed by atoms with Crippen molar-refractivity contribution < 1.29 is 23.5 Å². The average Bonchev–Trinajstić information content (AvgIpc) is 2.95. The zero-order valence-electron chi connectivity index (χ0n) is 11.4. The van der Waals surface area contributed by atoms with Crippen LogP contribution in [0.5, 0.6) is 0 Å². The molecule has 0 bridgehead atoms. The van der Waals surface area contributed by atoms with Crippen LogP contribution in [-0.4, -0.2) is 25.0 Å². The van der Waals surface area contributed by atoms with E-state index >= 15 is 0 Å². The molecule has 0 aliphatic carbocycles. The molecule has 1 aromatic heterocycles. The van der Waals surface area contributed by atoms with E-state index < -0.39 is 23.7 Å². The van der Waals surface area contributed by atoms with Gasteiger partial charge in [0.25, 0.3) is 11.8 Å². The second-order valence-corrected chi connectivity index (χ2v) is 4.99. The molecule has 6 nitrogen and oxygen atoms in total. The Kier molecular flexibility index (Phi) is 4.84. The number of alkyl carbamates (subject to hydrolysis) is 1. The molecule has 0 saturated heterocycles. The van der Waals surface area contributed by atoms with Crippen LogP contribution in [-0.2, 0) is 4.74 Å². The van der Waals surface area contributed by atoms with Crippen LogP contribution in [0.3, 0.4) is 0 Å². The monoisotopic (exact) mass is 322 g/mol. The molecule has 0 unspecified atom stereocenters. The molecule has 0 saturated carbocycles. The van der Waals surface area contributed by atoms with E-state index in [2.05, 4.69) is 10.1 Å². The average molecular weight is 322 g/mol. The van der Waals surface area contributed by atoms with Gasteiger partial charge in [0.05, 0.1) is 12.7 Å². The predicted molar refractivity (Wildman–Crippen MR) is 78.5 cm³/mol. The maximum absolute atomic E-state index is 13.1. The van der Waals surface area contributed by atoms with E-state index in [-0.39, 0.29) is 16.1 Å². The zero-order valence-corrected chi connectivity index (χ0v) is 12.2. The maximum atomic E-state index is 13.1. The summed E-state index contributed by atoms with van der Waals surface area (Å²) in [5.74, 6) is -1.81. The first-order valence-electron chi connectivity index (χ1n) is 6.05. The van der Waals surface area contributed by atoms with Crippen molar-refractivity contribution in [2.75, 3.05) is 12.4 Å². The lowest BCUT2D eigenvalue weighted by atomic mass is 10.2. The van der Waals surface area contributed by atoms with E-state index in [1.165, 1.54) is 24.3 Å². The van der Waals surface area contributed by atoms with E-state index in [1.54, 1.807) is 5.38 Å². The largest absolute Gasteiger partial charge is 0.453 e. The minimum absolute atomic E-state index is 0.111. The number of methoxy groups -OCH3 is 1. The van der Waals surface area contributed by atoms with E-state index in [0.29, 0.717) is 0 Å². The lowest BCUT2D eigenvalue weighted by molar-refractivity contribution is 0.0938. The Morgan fingerprint density at radius 1 is 1.18 bits per heavy atom. The highest BCUT2D eigenvalue weighted by molar-refractivity contribution is 7.14. The smallest absolute Gasteiger partial charge is 0.413 e. The van der Waals surface area contributed by atoms with Gasteiger partial charge in [0.15, 0.2) is 0 Å². The van der Waals surface area contributed by atoms with Crippen molar-refractivity contribution in [2.24, 2.45) is 0 Å². The van der Waals surface area contributed by atoms with Crippen LogP contribution >= 0.6 is 11.3 Å². The van der Waals surface area contributed by atoms with Crippen LogP contribution in [0.1, 0.15) is 20.7 Å². The summed E-state index contributed by atoms with van der Waals surface area (Å²) in [7, 11) is 1.13. The van der Waals surface area contributed by atoms with Crippen LogP contribution in [0.15, 0.2) is 35.7 Å².